The molecule has 0 saturated heterocycles. The topological polar surface area (TPSA) is 58.6 Å². The Morgan fingerprint density at radius 2 is 1.96 bits per heavy atom. The Labute approximate surface area is 160 Å². The van der Waals surface area contributed by atoms with E-state index in [0.717, 1.165) is 4.47 Å². The highest BCUT2D eigenvalue weighted by atomic mass is 79.9. The van der Waals surface area contributed by atoms with Gasteiger partial charge in [0.1, 0.15) is 0 Å². The summed E-state index contributed by atoms with van der Waals surface area (Å²) >= 11 is 3.35. The van der Waals surface area contributed by atoms with Gasteiger partial charge in [0.2, 0.25) is 11.8 Å². The molecule has 1 N–H and O–H groups in total. The lowest BCUT2D eigenvalue weighted by Crippen LogP contribution is -2.35. The van der Waals surface area contributed by atoms with Gasteiger partial charge in [0, 0.05) is 17.9 Å². The largest absolute Gasteiger partial charge is 0.494 e. The van der Waals surface area contributed by atoms with Crippen LogP contribution in [0.5, 0.6) is 5.75 Å². The molecule has 2 aromatic carbocycles. The maximum absolute atomic E-state index is 13.7. The molecule has 0 heterocycles. The summed E-state index contributed by atoms with van der Waals surface area (Å²) in [4.78, 5) is 25.6. The van der Waals surface area contributed by atoms with Crippen LogP contribution in [0.2, 0.25) is 0 Å². The number of nitrogens with one attached hydrogen (secondary N) is 1. The fourth-order valence-corrected chi connectivity index (χ4v) is 2.75. The number of rotatable bonds is 7. The number of likely N-dealkylation sites (N-methyl/N-ethyl adjacent to an activating group) is 1. The van der Waals surface area contributed by atoms with E-state index in [1.165, 1.54) is 24.1 Å². The van der Waals surface area contributed by atoms with Crippen LogP contribution in [0, 0.1) is 5.82 Å². The third-order valence-electron chi connectivity index (χ3n) is 3.80. The van der Waals surface area contributed by atoms with Crippen molar-refractivity contribution in [1.82, 2.24) is 4.90 Å². The SMILES string of the molecule is COc1ccc(CCC(=O)N(C)CC(=O)Nc2ccccc2Br)cc1F. The second-order valence-electron chi connectivity index (χ2n) is 5.75. The van der Waals surface area contributed by atoms with E-state index in [9.17, 15) is 14.0 Å². The normalized spacial score (nSPS) is 10.3. The summed E-state index contributed by atoms with van der Waals surface area (Å²) in [5.74, 6) is -0.772. The molecule has 0 fully saturated rings. The Kier molecular flexibility index (Phi) is 7.15. The summed E-state index contributed by atoms with van der Waals surface area (Å²) in [5, 5.41) is 2.75. The fraction of sp³-hybridized carbons (Fsp3) is 0.263. The van der Waals surface area contributed by atoms with Crippen LogP contribution in [0.3, 0.4) is 0 Å². The molecule has 2 aromatic rings. The van der Waals surface area contributed by atoms with Crippen LogP contribution in [0.25, 0.3) is 0 Å². The number of hydrogen-bond donors (Lipinski definition) is 1. The smallest absolute Gasteiger partial charge is 0.244 e. The van der Waals surface area contributed by atoms with E-state index < -0.39 is 5.82 Å². The first-order chi connectivity index (χ1) is 12.4. The van der Waals surface area contributed by atoms with E-state index in [-0.39, 0.29) is 30.5 Å². The minimum Gasteiger partial charge on any atom is -0.494 e. The number of amides is 2. The minimum atomic E-state index is -0.460. The van der Waals surface area contributed by atoms with Crippen LogP contribution in [0.4, 0.5) is 10.1 Å². The Hall–Kier alpha value is -2.41. The molecule has 0 atom stereocenters. The van der Waals surface area contributed by atoms with Crippen molar-refractivity contribution in [2.24, 2.45) is 0 Å². The maximum Gasteiger partial charge on any atom is 0.244 e. The van der Waals surface area contributed by atoms with Gasteiger partial charge in [-0.15, -0.1) is 0 Å². The lowest BCUT2D eigenvalue weighted by Gasteiger charge is -2.17. The number of hydrogen-bond acceptors (Lipinski definition) is 3. The van der Waals surface area contributed by atoms with E-state index >= 15 is 0 Å². The third kappa shape index (κ3) is 5.56. The predicted octanol–water partition coefficient (Wildman–Crippen LogP) is 3.63. The number of aryl methyl sites for hydroxylation is 1. The Bertz CT molecular complexity index is 798. The second-order valence-corrected chi connectivity index (χ2v) is 6.60. The van der Waals surface area contributed by atoms with Crippen molar-refractivity contribution >= 4 is 33.4 Å². The van der Waals surface area contributed by atoms with Crippen molar-refractivity contribution in [1.29, 1.82) is 0 Å². The first kappa shape index (κ1) is 19.9. The van der Waals surface area contributed by atoms with Crippen molar-refractivity contribution < 1.29 is 18.7 Å². The average Bonchev–Trinajstić information content (AvgIpc) is 2.61. The molecular formula is C19H20BrFN2O3. The third-order valence-corrected chi connectivity index (χ3v) is 4.49. The average molecular weight is 423 g/mol. The van der Waals surface area contributed by atoms with Crippen molar-refractivity contribution in [3.05, 3.63) is 58.3 Å². The molecule has 0 aliphatic rings. The van der Waals surface area contributed by atoms with E-state index in [1.54, 1.807) is 19.2 Å². The summed E-state index contributed by atoms with van der Waals surface area (Å²) in [6.07, 6.45) is 0.570. The summed E-state index contributed by atoms with van der Waals surface area (Å²) in [7, 11) is 2.96. The van der Waals surface area contributed by atoms with Crippen LogP contribution >= 0.6 is 15.9 Å². The van der Waals surface area contributed by atoms with Crippen molar-refractivity contribution in [2.75, 3.05) is 26.0 Å². The van der Waals surface area contributed by atoms with Gasteiger partial charge in [-0.3, -0.25) is 9.59 Å². The van der Waals surface area contributed by atoms with E-state index in [4.69, 9.17) is 4.74 Å². The number of methoxy groups -OCH3 is 1. The summed E-state index contributed by atoms with van der Waals surface area (Å²) in [6, 6.07) is 11.8. The summed E-state index contributed by atoms with van der Waals surface area (Å²) in [5.41, 5.74) is 1.34. The molecular weight excluding hydrogens is 403 g/mol. The molecule has 2 amide bonds. The van der Waals surface area contributed by atoms with Crippen LogP contribution in [-0.2, 0) is 16.0 Å². The number of ether oxygens (including phenoxy) is 1. The molecule has 26 heavy (non-hydrogen) atoms. The van der Waals surface area contributed by atoms with E-state index in [2.05, 4.69) is 21.2 Å². The van der Waals surface area contributed by atoms with Crippen LogP contribution in [-0.4, -0.2) is 37.4 Å². The molecule has 0 aromatic heterocycles. The van der Waals surface area contributed by atoms with Gasteiger partial charge >= 0.3 is 0 Å². The zero-order valence-electron chi connectivity index (χ0n) is 14.6. The molecule has 0 radical (unpaired) electrons. The maximum atomic E-state index is 13.7. The van der Waals surface area contributed by atoms with Crippen LogP contribution in [0.1, 0.15) is 12.0 Å². The Balaban J connectivity index is 1.84. The molecule has 138 valence electrons. The van der Waals surface area contributed by atoms with Gasteiger partial charge < -0.3 is 15.0 Å². The van der Waals surface area contributed by atoms with Gasteiger partial charge in [0.05, 0.1) is 19.3 Å². The highest BCUT2D eigenvalue weighted by Crippen LogP contribution is 2.21. The number of anilines is 1. The zero-order chi connectivity index (χ0) is 19.1. The lowest BCUT2D eigenvalue weighted by molar-refractivity contribution is -0.133. The first-order valence-corrected chi connectivity index (χ1v) is 8.80. The standard InChI is InChI=1S/C19H20BrFN2O3/c1-23(12-18(24)22-16-6-4-3-5-14(16)20)19(25)10-8-13-7-9-17(26-2)15(21)11-13/h3-7,9,11H,8,10,12H2,1-2H3,(H,22,24). The van der Waals surface area contributed by atoms with E-state index in [1.807, 2.05) is 18.2 Å². The summed E-state index contributed by atoms with van der Waals surface area (Å²) in [6.45, 7) is -0.0584. The van der Waals surface area contributed by atoms with E-state index in [0.29, 0.717) is 17.7 Å². The molecule has 7 heteroatoms. The molecule has 0 bridgehead atoms. The van der Waals surface area contributed by atoms with Crippen molar-refractivity contribution in [3.63, 3.8) is 0 Å². The number of carbonyl (C=O) groups excluding carboxylic acids is 2. The van der Waals surface area contributed by atoms with Gasteiger partial charge in [-0.2, -0.15) is 0 Å². The highest BCUT2D eigenvalue weighted by Gasteiger charge is 2.14. The lowest BCUT2D eigenvalue weighted by atomic mass is 10.1. The number of halogens is 2. The zero-order valence-corrected chi connectivity index (χ0v) is 16.2. The van der Waals surface area contributed by atoms with Gasteiger partial charge in [-0.1, -0.05) is 18.2 Å². The number of carbonyl (C=O) groups is 2. The second kappa shape index (κ2) is 9.33. The fourth-order valence-electron chi connectivity index (χ4n) is 2.36. The summed E-state index contributed by atoms with van der Waals surface area (Å²) < 4.78 is 19.3. The van der Waals surface area contributed by atoms with Gasteiger partial charge in [-0.05, 0) is 52.2 Å². The van der Waals surface area contributed by atoms with Crippen LogP contribution in [0.15, 0.2) is 46.9 Å². The molecule has 2 rings (SSSR count). The molecule has 0 saturated carbocycles. The van der Waals surface area contributed by atoms with Gasteiger partial charge in [-0.25, -0.2) is 4.39 Å². The van der Waals surface area contributed by atoms with Crippen molar-refractivity contribution in [2.45, 2.75) is 12.8 Å². The molecule has 0 aliphatic heterocycles. The number of para-hydroxylation sites is 1. The quantitative estimate of drug-likeness (QED) is 0.740. The Morgan fingerprint density at radius 1 is 1.23 bits per heavy atom. The molecule has 0 unspecified atom stereocenters. The minimum absolute atomic E-state index is 0.0584. The Morgan fingerprint density at radius 3 is 2.62 bits per heavy atom. The van der Waals surface area contributed by atoms with Gasteiger partial charge in [0.15, 0.2) is 11.6 Å². The molecule has 0 aliphatic carbocycles. The highest BCUT2D eigenvalue weighted by molar-refractivity contribution is 9.10. The molecule has 5 nitrogen and oxygen atoms in total. The van der Waals surface area contributed by atoms with Crippen molar-refractivity contribution in [3.8, 4) is 5.75 Å². The van der Waals surface area contributed by atoms with Crippen LogP contribution < -0.4 is 10.1 Å². The van der Waals surface area contributed by atoms with Gasteiger partial charge in [0.25, 0.3) is 0 Å². The monoisotopic (exact) mass is 422 g/mol. The number of nitrogens with zero attached hydrogens (tertiary/aromatic N) is 1. The first-order valence-electron chi connectivity index (χ1n) is 8.01. The predicted molar refractivity (Wildman–Crippen MR) is 102 cm³/mol. The number of benzene rings is 2. The molecule has 0 spiro atoms.